The third-order valence-corrected chi connectivity index (χ3v) is 8.04. The summed E-state index contributed by atoms with van der Waals surface area (Å²) in [5.74, 6) is -0.197. The molecule has 0 fully saturated rings. The van der Waals surface area contributed by atoms with Gasteiger partial charge in [0.05, 0.1) is 25.2 Å². The van der Waals surface area contributed by atoms with E-state index in [4.69, 9.17) is 11.6 Å². The number of fused-ring (bicyclic) bond motifs is 2. The van der Waals surface area contributed by atoms with Crippen LogP contribution in [0.5, 0.6) is 0 Å². The molecule has 0 aliphatic carbocycles. The highest BCUT2D eigenvalue weighted by Crippen LogP contribution is 2.32. The number of carbonyl (C=O) groups is 1. The predicted octanol–water partition coefficient (Wildman–Crippen LogP) is 5.23. The van der Waals surface area contributed by atoms with Crippen LogP contribution in [0, 0.1) is 12.7 Å². The Bertz CT molecular complexity index is 1440. The van der Waals surface area contributed by atoms with Crippen LogP contribution < -0.4 is 10.9 Å². The first kappa shape index (κ1) is 20.4. The summed E-state index contributed by atoms with van der Waals surface area (Å²) in [7, 11) is 0. The molecule has 0 unspecified atom stereocenters. The van der Waals surface area contributed by atoms with E-state index in [0.29, 0.717) is 41.6 Å². The first-order valence-electron chi connectivity index (χ1n) is 9.00. The van der Waals surface area contributed by atoms with Gasteiger partial charge in [0.15, 0.2) is 5.16 Å². The van der Waals surface area contributed by atoms with Crippen molar-refractivity contribution in [2.45, 2.75) is 12.1 Å². The van der Waals surface area contributed by atoms with Crippen molar-refractivity contribution in [3.05, 3.63) is 72.2 Å². The molecule has 31 heavy (non-hydrogen) atoms. The highest BCUT2D eigenvalue weighted by molar-refractivity contribution is 7.99. The molecule has 0 saturated carbocycles. The molecule has 156 valence electrons. The maximum absolute atomic E-state index is 13.2. The van der Waals surface area contributed by atoms with Crippen LogP contribution in [-0.4, -0.2) is 27.0 Å². The van der Waals surface area contributed by atoms with Gasteiger partial charge in [-0.15, -0.1) is 22.7 Å². The van der Waals surface area contributed by atoms with Gasteiger partial charge in [0, 0.05) is 11.4 Å². The zero-order chi connectivity index (χ0) is 21.7. The van der Waals surface area contributed by atoms with Crippen molar-refractivity contribution in [1.82, 2.24) is 9.66 Å². The van der Waals surface area contributed by atoms with Gasteiger partial charge in [-0.05, 0) is 48.9 Å². The quantitative estimate of drug-likeness (QED) is 0.399. The van der Waals surface area contributed by atoms with Crippen molar-refractivity contribution in [2.75, 3.05) is 11.1 Å². The third kappa shape index (κ3) is 3.69. The number of thiophene rings is 2. The van der Waals surface area contributed by atoms with Crippen molar-refractivity contribution >= 4 is 73.6 Å². The summed E-state index contributed by atoms with van der Waals surface area (Å²) in [4.78, 5) is 32.4. The number of amides is 1. The zero-order valence-electron chi connectivity index (χ0n) is 15.8. The second-order valence-corrected chi connectivity index (χ2v) is 10.3. The summed E-state index contributed by atoms with van der Waals surface area (Å²) in [5.41, 5.74) is 1.44. The smallest absolute Gasteiger partial charge is 0.283 e. The highest BCUT2D eigenvalue weighted by Gasteiger charge is 2.24. The molecule has 1 aromatic carbocycles. The molecule has 1 aliphatic rings. The van der Waals surface area contributed by atoms with E-state index in [9.17, 15) is 14.0 Å². The maximum Gasteiger partial charge on any atom is 0.283 e. The zero-order valence-corrected chi connectivity index (χ0v) is 19.0. The number of hydrogen-bond acceptors (Lipinski definition) is 7. The molecule has 0 atom stereocenters. The molecule has 0 bridgehead atoms. The van der Waals surface area contributed by atoms with E-state index in [-0.39, 0.29) is 17.3 Å². The number of anilines is 1. The lowest BCUT2D eigenvalue weighted by atomic mass is 10.2. The molecular formula is C20H12ClFN4O2S3. The fourth-order valence-corrected chi connectivity index (χ4v) is 6.27. The SMILES string of the molecule is Cc1c(C(=O)Nc2ccc(F)cc2)sc2nc3n(c(=O)c12)N=C(c1ccc(Cl)s1)CS3. The number of aryl methyl sites for hydroxylation is 1. The molecule has 4 aromatic rings. The number of nitrogens with one attached hydrogen (secondary N) is 1. The van der Waals surface area contributed by atoms with Gasteiger partial charge in [0.1, 0.15) is 10.6 Å². The lowest BCUT2D eigenvalue weighted by Gasteiger charge is -2.14. The Hall–Kier alpha value is -2.53. The van der Waals surface area contributed by atoms with Crippen LogP contribution in [0.2, 0.25) is 4.34 Å². The second kappa shape index (κ2) is 7.86. The van der Waals surface area contributed by atoms with Gasteiger partial charge in [-0.25, -0.2) is 9.37 Å². The number of nitrogens with zero attached hydrogens (tertiary/aromatic N) is 3. The number of hydrogen-bond donors (Lipinski definition) is 1. The highest BCUT2D eigenvalue weighted by atomic mass is 35.5. The monoisotopic (exact) mass is 490 g/mol. The van der Waals surface area contributed by atoms with E-state index >= 15 is 0 Å². The topological polar surface area (TPSA) is 76.3 Å². The van der Waals surface area contributed by atoms with E-state index in [0.717, 1.165) is 21.9 Å². The van der Waals surface area contributed by atoms with Crippen molar-refractivity contribution in [1.29, 1.82) is 0 Å². The Morgan fingerprint density at radius 3 is 2.68 bits per heavy atom. The molecule has 11 heteroatoms. The van der Waals surface area contributed by atoms with Crippen LogP contribution in [0.3, 0.4) is 0 Å². The van der Waals surface area contributed by atoms with Gasteiger partial charge < -0.3 is 5.32 Å². The van der Waals surface area contributed by atoms with Gasteiger partial charge in [-0.1, -0.05) is 23.4 Å². The van der Waals surface area contributed by atoms with E-state index in [1.165, 1.54) is 52.0 Å². The van der Waals surface area contributed by atoms with Gasteiger partial charge in [-0.3, -0.25) is 9.59 Å². The fraction of sp³-hybridized carbons (Fsp3) is 0.100. The van der Waals surface area contributed by atoms with E-state index in [1.807, 2.05) is 6.07 Å². The average molecular weight is 491 g/mol. The maximum atomic E-state index is 13.2. The van der Waals surface area contributed by atoms with Gasteiger partial charge in [0.25, 0.3) is 11.5 Å². The number of carbonyl (C=O) groups excluding carboxylic acids is 1. The van der Waals surface area contributed by atoms with Gasteiger partial charge in [0.2, 0.25) is 0 Å². The summed E-state index contributed by atoms with van der Waals surface area (Å²) in [5, 5.41) is 8.09. The van der Waals surface area contributed by atoms with Gasteiger partial charge in [-0.2, -0.15) is 9.78 Å². The predicted molar refractivity (Wildman–Crippen MR) is 125 cm³/mol. The van der Waals surface area contributed by atoms with Crippen LogP contribution >= 0.6 is 46.0 Å². The number of aromatic nitrogens is 2. The number of thioether (sulfide) groups is 1. The van der Waals surface area contributed by atoms with E-state index in [2.05, 4.69) is 15.4 Å². The minimum atomic E-state index is -0.388. The molecule has 4 heterocycles. The first-order chi connectivity index (χ1) is 14.9. The summed E-state index contributed by atoms with van der Waals surface area (Å²) in [6.07, 6.45) is 0. The molecule has 5 rings (SSSR count). The molecule has 1 amide bonds. The van der Waals surface area contributed by atoms with Crippen LogP contribution in [0.25, 0.3) is 10.2 Å². The third-order valence-electron chi connectivity index (χ3n) is 4.64. The van der Waals surface area contributed by atoms with E-state index in [1.54, 1.807) is 13.0 Å². The number of halogens is 2. The van der Waals surface area contributed by atoms with Crippen molar-refractivity contribution in [2.24, 2.45) is 5.10 Å². The van der Waals surface area contributed by atoms with E-state index < -0.39 is 0 Å². The molecule has 0 saturated heterocycles. The standard InChI is InChI=1S/C20H12ClFN4O2S3/c1-9-15-18(31-16(9)17(27)23-11-4-2-10(22)3-5-11)24-20-26(19(15)28)25-12(8-29-20)13-6-7-14(21)30-13/h2-7H,8H2,1H3,(H,23,27). The largest absolute Gasteiger partial charge is 0.321 e. The van der Waals surface area contributed by atoms with Crippen molar-refractivity contribution in [3.63, 3.8) is 0 Å². The lowest BCUT2D eigenvalue weighted by Crippen LogP contribution is -2.25. The Morgan fingerprint density at radius 2 is 1.97 bits per heavy atom. The van der Waals surface area contributed by atoms with Crippen LogP contribution in [0.15, 0.2) is 51.5 Å². The van der Waals surface area contributed by atoms with Crippen LogP contribution in [-0.2, 0) is 0 Å². The normalized spacial score (nSPS) is 13.2. The second-order valence-electron chi connectivity index (χ2n) is 6.65. The number of rotatable bonds is 3. The minimum Gasteiger partial charge on any atom is -0.321 e. The minimum absolute atomic E-state index is 0.318. The van der Waals surface area contributed by atoms with Crippen LogP contribution in [0.4, 0.5) is 10.1 Å². The Kier molecular flexibility index (Phi) is 5.17. The summed E-state index contributed by atoms with van der Waals surface area (Å²) in [6.45, 7) is 1.72. The Labute approximate surface area is 192 Å². The lowest BCUT2D eigenvalue weighted by molar-refractivity contribution is 0.103. The van der Waals surface area contributed by atoms with Gasteiger partial charge >= 0.3 is 0 Å². The molecule has 0 spiro atoms. The van der Waals surface area contributed by atoms with Crippen LogP contribution in [0.1, 0.15) is 20.1 Å². The summed E-state index contributed by atoms with van der Waals surface area (Å²) >= 11 is 10.00. The number of benzene rings is 1. The average Bonchev–Trinajstić information content (AvgIpc) is 3.33. The fourth-order valence-electron chi connectivity index (χ4n) is 3.15. The molecule has 1 aliphatic heterocycles. The Morgan fingerprint density at radius 1 is 1.19 bits per heavy atom. The summed E-state index contributed by atoms with van der Waals surface area (Å²) in [6, 6.07) is 9.16. The molecular weight excluding hydrogens is 479 g/mol. The Balaban J connectivity index is 1.56. The van der Waals surface area contributed by atoms with Crippen molar-refractivity contribution in [3.8, 4) is 0 Å². The first-order valence-corrected chi connectivity index (χ1v) is 12.0. The summed E-state index contributed by atoms with van der Waals surface area (Å²) < 4.78 is 15.1. The molecule has 0 radical (unpaired) electrons. The molecule has 6 nitrogen and oxygen atoms in total. The molecule has 3 aromatic heterocycles. The van der Waals surface area contributed by atoms with Crippen molar-refractivity contribution < 1.29 is 9.18 Å². The molecule has 1 N–H and O–H groups in total.